The summed E-state index contributed by atoms with van der Waals surface area (Å²) in [5, 5.41) is 16.1. The molecule has 158 valence electrons. The lowest BCUT2D eigenvalue weighted by molar-refractivity contribution is -0.142. The Kier molecular flexibility index (Phi) is 9.82. The maximum absolute atomic E-state index is 12.4. The average Bonchev–Trinajstić information content (AvgIpc) is 2.68. The zero-order valence-electron chi connectivity index (χ0n) is 15.7. The summed E-state index contributed by atoms with van der Waals surface area (Å²) < 4.78 is 0. The number of nitrogens with two attached hydrogens (primary N) is 2. The second-order valence-electron chi connectivity index (χ2n) is 6.20. The number of aliphatic carboxylic acids is 1. The van der Waals surface area contributed by atoms with E-state index in [4.69, 9.17) is 16.6 Å². The van der Waals surface area contributed by atoms with Gasteiger partial charge in [0.1, 0.15) is 12.1 Å². The quantitative estimate of drug-likeness (QED) is 0.223. The number of hydrogen-bond donors (Lipinski definition) is 6. The van der Waals surface area contributed by atoms with E-state index in [-0.39, 0.29) is 25.8 Å². The number of primary amides is 1. The van der Waals surface area contributed by atoms with Crippen LogP contribution in [-0.2, 0) is 30.4 Å². The van der Waals surface area contributed by atoms with E-state index in [1.54, 1.807) is 30.3 Å². The van der Waals surface area contributed by atoms with Gasteiger partial charge in [-0.2, -0.15) is 0 Å². The van der Waals surface area contributed by atoms with E-state index in [1.807, 2.05) is 0 Å². The van der Waals surface area contributed by atoms with Crippen LogP contribution in [0.4, 0.5) is 0 Å². The van der Waals surface area contributed by atoms with E-state index in [0.29, 0.717) is 0 Å². The minimum Gasteiger partial charge on any atom is -0.480 e. The molecule has 0 radical (unpaired) electrons. The van der Waals surface area contributed by atoms with Crippen LogP contribution in [0.25, 0.3) is 0 Å². The van der Waals surface area contributed by atoms with Gasteiger partial charge in [0.15, 0.2) is 0 Å². The second kappa shape index (κ2) is 12.1. The maximum Gasteiger partial charge on any atom is 0.326 e. The van der Waals surface area contributed by atoms with Gasteiger partial charge >= 0.3 is 5.97 Å². The summed E-state index contributed by atoms with van der Waals surface area (Å²) in [6.45, 7) is -0.817. The summed E-state index contributed by atoms with van der Waals surface area (Å²) in [5.41, 5.74) is 11.0. The number of carbonyl (C=O) groups excluding carboxylic acids is 4. The zero-order chi connectivity index (χ0) is 21.8. The third-order valence-electron chi connectivity index (χ3n) is 3.86. The van der Waals surface area contributed by atoms with Crippen molar-refractivity contribution >= 4 is 29.6 Å². The van der Waals surface area contributed by atoms with E-state index in [1.165, 1.54) is 0 Å². The molecule has 29 heavy (non-hydrogen) atoms. The molecule has 1 aromatic carbocycles. The van der Waals surface area contributed by atoms with Crippen LogP contribution in [-0.4, -0.2) is 59.9 Å². The standard InChI is InChI=1S/C18H25N5O6/c19-9-15(25)23-13(8-11-4-2-1-3-5-11)17(27)21-10-16(26)22-12(18(28)29)6-7-14(20)24/h1-5,12-13H,6-10,19H2,(H2,20,24)(H,21,27)(H,22,26)(H,23,25)(H,28,29). The topological polar surface area (TPSA) is 194 Å². The minimum absolute atomic E-state index is 0.173. The first-order valence-corrected chi connectivity index (χ1v) is 8.84. The summed E-state index contributed by atoms with van der Waals surface area (Å²) in [7, 11) is 0. The molecule has 8 N–H and O–H groups in total. The number of carboxylic acid groups (broad SMARTS) is 1. The third kappa shape index (κ3) is 9.33. The highest BCUT2D eigenvalue weighted by molar-refractivity contribution is 5.92. The molecule has 0 aliphatic heterocycles. The number of nitrogens with one attached hydrogen (secondary N) is 3. The molecular weight excluding hydrogens is 382 g/mol. The van der Waals surface area contributed by atoms with Crippen LogP contribution in [0.5, 0.6) is 0 Å². The van der Waals surface area contributed by atoms with Crippen molar-refractivity contribution in [1.29, 1.82) is 0 Å². The zero-order valence-corrected chi connectivity index (χ0v) is 15.7. The molecule has 11 heteroatoms. The molecule has 0 aromatic heterocycles. The molecule has 0 saturated heterocycles. The van der Waals surface area contributed by atoms with Crippen molar-refractivity contribution in [3.05, 3.63) is 35.9 Å². The van der Waals surface area contributed by atoms with E-state index >= 15 is 0 Å². The fourth-order valence-corrected chi connectivity index (χ4v) is 2.39. The van der Waals surface area contributed by atoms with Crippen molar-refractivity contribution < 1.29 is 29.1 Å². The second-order valence-corrected chi connectivity index (χ2v) is 6.20. The van der Waals surface area contributed by atoms with Crippen LogP contribution >= 0.6 is 0 Å². The molecule has 0 fully saturated rings. The Morgan fingerprint density at radius 1 is 0.966 bits per heavy atom. The predicted octanol–water partition coefficient (Wildman–Crippen LogP) is -2.38. The number of carboxylic acids is 1. The Hall–Kier alpha value is -3.47. The maximum atomic E-state index is 12.4. The van der Waals surface area contributed by atoms with Crippen LogP contribution in [0.1, 0.15) is 18.4 Å². The van der Waals surface area contributed by atoms with Gasteiger partial charge in [-0.25, -0.2) is 4.79 Å². The van der Waals surface area contributed by atoms with E-state index in [0.717, 1.165) is 5.56 Å². The molecule has 1 rings (SSSR count). The number of hydrogen-bond acceptors (Lipinski definition) is 6. The van der Waals surface area contributed by atoms with Gasteiger partial charge in [0, 0.05) is 12.8 Å². The van der Waals surface area contributed by atoms with Crippen molar-refractivity contribution in [1.82, 2.24) is 16.0 Å². The minimum atomic E-state index is -1.33. The SMILES string of the molecule is NCC(=O)NC(Cc1ccccc1)C(=O)NCC(=O)NC(CCC(N)=O)C(=O)O. The Bertz CT molecular complexity index is 740. The fourth-order valence-electron chi connectivity index (χ4n) is 2.39. The van der Waals surface area contributed by atoms with E-state index in [9.17, 15) is 24.0 Å². The number of benzene rings is 1. The molecule has 0 aliphatic carbocycles. The summed E-state index contributed by atoms with van der Waals surface area (Å²) >= 11 is 0. The van der Waals surface area contributed by atoms with Crippen LogP contribution in [0.3, 0.4) is 0 Å². The van der Waals surface area contributed by atoms with Crippen LogP contribution < -0.4 is 27.4 Å². The third-order valence-corrected chi connectivity index (χ3v) is 3.86. The van der Waals surface area contributed by atoms with Gasteiger partial charge in [0.25, 0.3) is 0 Å². The molecule has 0 heterocycles. The highest BCUT2D eigenvalue weighted by Gasteiger charge is 2.23. The van der Waals surface area contributed by atoms with E-state index < -0.39 is 48.2 Å². The molecular formula is C18H25N5O6. The van der Waals surface area contributed by atoms with Crippen molar-refractivity contribution in [2.75, 3.05) is 13.1 Å². The fraction of sp³-hybridized carbons (Fsp3) is 0.389. The molecule has 1 aromatic rings. The number of amides is 4. The lowest BCUT2D eigenvalue weighted by atomic mass is 10.1. The van der Waals surface area contributed by atoms with Gasteiger partial charge in [-0.05, 0) is 12.0 Å². The normalized spacial score (nSPS) is 12.3. The Labute approximate surface area is 167 Å². The highest BCUT2D eigenvalue weighted by atomic mass is 16.4. The number of rotatable bonds is 12. The van der Waals surface area contributed by atoms with Crippen molar-refractivity contribution in [3.63, 3.8) is 0 Å². The van der Waals surface area contributed by atoms with Gasteiger partial charge < -0.3 is 32.5 Å². The van der Waals surface area contributed by atoms with Gasteiger partial charge in [-0.3, -0.25) is 19.2 Å². The molecule has 2 unspecified atom stereocenters. The summed E-state index contributed by atoms with van der Waals surface area (Å²) in [6.07, 6.45) is -0.211. The van der Waals surface area contributed by atoms with Gasteiger partial charge in [0.05, 0.1) is 13.1 Å². The van der Waals surface area contributed by atoms with Crippen LogP contribution in [0.2, 0.25) is 0 Å². The molecule has 4 amide bonds. The molecule has 0 aliphatic rings. The first-order chi connectivity index (χ1) is 13.7. The predicted molar refractivity (Wildman–Crippen MR) is 102 cm³/mol. The lowest BCUT2D eigenvalue weighted by Gasteiger charge is -2.19. The number of carbonyl (C=O) groups is 5. The Balaban J connectivity index is 2.65. The molecule has 2 atom stereocenters. The first-order valence-electron chi connectivity index (χ1n) is 8.84. The molecule has 11 nitrogen and oxygen atoms in total. The summed E-state index contributed by atoms with van der Waals surface area (Å²) in [5.74, 6) is -3.96. The largest absolute Gasteiger partial charge is 0.480 e. The monoisotopic (exact) mass is 407 g/mol. The lowest BCUT2D eigenvalue weighted by Crippen LogP contribution is -2.52. The van der Waals surface area contributed by atoms with Gasteiger partial charge in [-0.15, -0.1) is 0 Å². The Morgan fingerprint density at radius 2 is 1.59 bits per heavy atom. The average molecular weight is 407 g/mol. The van der Waals surface area contributed by atoms with Crippen molar-refractivity contribution in [3.8, 4) is 0 Å². The van der Waals surface area contributed by atoms with Crippen LogP contribution in [0.15, 0.2) is 30.3 Å². The summed E-state index contributed by atoms with van der Waals surface area (Å²) in [4.78, 5) is 57.9. The van der Waals surface area contributed by atoms with E-state index in [2.05, 4.69) is 16.0 Å². The van der Waals surface area contributed by atoms with Crippen molar-refractivity contribution in [2.24, 2.45) is 11.5 Å². The highest BCUT2D eigenvalue weighted by Crippen LogP contribution is 2.04. The Morgan fingerprint density at radius 3 is 2.14 bits per heavy atom. The molecule has 0 bridgehead atoms. The first kappa shape index (κ1) is 23.6. The van der Waals surface area contributed by atoms with Gasteiger partial charge in [-0.1, -0.05) is 30.3 Å². The molecule has 0 spiro atoms. The smallest absolute Gasteiger partial charge is 0.326 e. The molecule has 0 saturated carbocycles. The van der Waals surface area contributed by atoms with Crippen molar-refractivity contribution in [2.45, 2.75) is 31.3 Å². The van der Waals surface area contributed by atoms with Crippen LogP contribution in [0, 0.1) is 0 Å². The summed E-state index contributed by atoms with van der Waals surface area (Å²) in [6, 6.07) is 6.63. The van der Waals surface area contributed by atoms with Gasteiger partial charge in [0.2, 0.25) is 23.6 Å².